The Balaban J connectivity index is 1.37. The van der Waals surface area contributed by atoms with Crippen molar-refractivity contribution in [2.75, 3.05) is 12.4 Å². The van der Waals surface area contributed by atoms with Crippen LogP contribution >= 0.6 is 11.3 Å². The van der Waals surface area contributed by atoms with Gasteiger partial charge in [-0.1, -0.05) is 17.3 Å². The van der Waals surface area contributed by atoms with Gasteiger partial charge in [-0.05, 0) is 48.4 Å². The second kappa shape index (κ2) is 7.29. The van der Waals surface area contributed by atoms with E-state index in [9.17, 15) is 4.79 Å². The number of carbonyl (C=O) groups is 1. The molecule has 4 rings (SSSR count). The Morgan fingerprint density at radius 3 is 2.85 bits per heavy atom. The van der Waals surface area contributed by atoms with Crippen LogP contribution in [0.2, 0.25) is 0 Å². The predicted octanol–water partition coefficient (Wildman–Crippen LogP) is 4.26. The van der Waals surface area contributed by atoms with E-state index in [1.54, 1.807) is 7.11 Å². The largest absolute Gasteiger partial charge is 0.497 e. The van der Waals surface area contributed by atoms with E-state index in [2.05, 4.69) is 15.5 Å². The van der Waals surface area contributed by atoms with Crippen molar-refractivity contribution < 1.29 is 14.1 Å². The number of hydrogen-bond donors (Lipinski definition) is 1. The summed E-state index contributed by atoms with van der Waals surface area (Å²) in [7, 11) is 1.64. The summed E-state index contributed by atoms with van der Waals surface area (Å²) in [5.41, 5.74) is 1.82. The van der Waals surface area contributed by atoms with E-state index >= 15 is 0 Å². The lowest BCUT2D eigenvalue weighted by atomic mass is 10.1. The van der Waals surface area contributed by atoms with E-state index in [0.29, 0.717) is 24.7 Å². The third-order valence-electron chi connectivity index (χ3n) is 4.32. The molecule has 1 N–H and O–H groups in total. The Hall–Kier alpha value is -2.67. The SMILES string of the molecule is COc1ccc(CCC(=O)Nc2ccsc2-c2nc(C3CC3)no2)cc1. The van der Waals surface area contributed by atoms with Gasteiger partial charge in [-0.15, -0.1) is 11.3 Å². The van der Waals surface area contributed by atoms with Crippen molar-refractivity contribution in [2.24, 2.45) is 0 Å². The topological polar surface area (TPSA) is 77.2 Å². The smallest absolute Gasteiger partial charge is 0.270 e. The molecule has 0 saturated heterocycles. The van der Waals surface area contributed by atoms with Gasteiger partial charge in [0.1, 0.15) is 10.6 Å². The molecular formula is C19H19N3O3S. The number of ether oxygens (including phenoxy) is 1. The molecule has 1 aliphatic carbocycles. The normalized spacial score (nSPS) is 13.6. The van der Waals surface area contributed by atoms with E-state index in [1.807, 2.05) is 35.7 Å². The number of aromatic nitrogens is 2. The highest BCUT2D eigenvalue weighted by Crippen LogP contribution is 2.40. The van der Waals surface area contributed by atoms with Gasteiger partial charge in [-0.25, -0.2) is 0 Å². The molecule has 1 aliphatic rings. The zero-order valence-corrected chi connectivity index (χ0v) is 15.2. The number of nitrogens with one attached hydrogen (secondary N) is 1. The van der Waals surface area contributed by atoms with Crippen LogP contribution in [0.3, 0.4) is 0 Å². The van der Waals surface area contributed by atoms with Gasteiger partial charge in [-0.2, -0.15) is 4.98 Å². The minimum absolute atomic E-state index is 0.0394. The van der Waals surface area contributed by atoms with E-state index in [0.717, 1.165) is 40.5 Å². The summed E-state index contributed by atoms with van der Waals surface area (Å²) < 4.78 is 10.5. The van der Waals surface area contributed by atoms with Gasteiger partial charge < -0.3 is 14.6 Å². The number of nitrogens with zero attached hydrogens (tertiary/aromatic N) is 2. The number of hydrogen-bond acceptors (Lipinski definition) is 6. The van der Waals surface area contributed by atoms with Crippen molar-refractivity contribution in [1.82, 2.24) is 10.1 Å². The Kier molecular flexibility index (Phi) is 4.71. The maximum absolute atomic E-state index is 12.3. The van der Waals surface area contributed by atoms with Crippen molar-refractivity contribution in [3.8, 4) is 16.5 Å². The number of benzene rings is 1. The standard InChI is InChI=1S/C19H19N3O3S/c1-24-14-7-2-12(3-8-14)4-9-16(23)20-15-10-11-26-17(15)19-21-18(22-25-19)13-5-6-13/h2-3,7-8,10-11,13H,4-6,9H2,1H3,(H,20,23). The number of amides is 1. The molecule has 0 radical (unpaired) electrons. The van der Waals surface area contributed by atoms with E-state index in [1.165, 1.54) is 11.3 Å². The molecule has 2 aromatic heterocycles. The maximum Gasteiger partial charge on any atom is 0.270 e. The van der Waals surface area contributed by atoms with Crippen molar-refractivity contribution in [1.29, 1.82) is 0 Å². The summed E-state index contributed by atoms with van der Waals surface area (Å²) in [6, 6.07) is 9.61. The summed E-state index contributed by atoms with van der Waals surface area (Å²) >= 11 is 1.48. The lowest BCUT2D eigenvalue weighted by Crippen LogP contribution is -2.12. The summed E-state index contributed by atoms with van der Waals surface area (Å²) in [4.78, 5) is 17.6. The molecule has 3 aromatic rings. The average molecular weight is 369 g/mol. The van der Waals surface area contributed by atoms with Gasteiger partial charge in [0, 0.05) is 12.3 Å². The van der Waals surface area contributed by atoms with E-state index in [4.69, 9.17) is 9.26 Å². The number of anilines is 1. The number of rotatable bonds is 7. The Morgan fingerprint density at radius 2 is 2.12 bits per heavy atom. The van der Waals surface area contributed by atoms with Crippen molar-refractivity contribution in [3.63, 3.8) is 0 Å². The summed E-state index contributed by atoms with van der Waals surface area (Å²) in [5, 5.41) is 8.91. The monoisotopic (exact) mass is 369 g/mol. The molecule has 7 heteroatoms. The minimum Gasteiger partial charge on any atom is -0.497 e. The summed E-state index contributed by atoms with van der Waals surface area (Å²) in [6.45, 7) is 0. The lowest BCUT2D eigenvalue weighted by Gasteiger charge is -2.06. The summed E-state index contributed by atoms with van der Waals surface area (Å²) in [5.74, 6) is 2.46. The Labute approximate surface area is 155 Å². The van der Waals surface area contributed by atoms with E-state index < -0.39 is 0 Å². The molecule has 26 heavy (non-hydrogen) atoms. The lowest BCUT2D eigenvalue weighted by molar-refractivity contribution is -0.116. The second-order valence-electron chi connectivity index (χ2n) is 6.29. The summed E-state index contributed by atoms with van der Waals surface area (Å²) in [6.07, 6.45) is 3.32. The molecule has 0 unspecified atom stereocenters. The fraction of sp³-hybridized carbons (Fsp3) is 0.316. The van der Waals surface area contributed by atoms with Gasteiger partial charge in [0.15, 0.2) is 5.82 Å². The van der Waals surface area contributed by atoms with Crippen molar-refractivity contribution >= 4 is 22.9 Å². The average Bonchev–Trinajstić information content (AvgIpc) is 3.22. The molecule has 1 amide bonds. The highest BCUT2D eigenvalue weighted by molar-refractivity contribution is 7.14. The van der Waals surface area contributed by atoms with Gasteiger partial charge in [-0.3, -0.25) is 4.79 Å². The third kappa shape index (κ3) is 3.77. The van der Waals surface area contributed by atoms with Crippen LogP contribution in [0, 0.1) is 0 Å². The zero-order chi connectivity index (χ0) is 17.9. The Bertz CT molecular complexity index is 897. The number of carbonyl (C=O) groups excluding carboxylic acids is 1. The molecule has 1 fully saturated rings. The van der Waals surface area contributed by atoms with Gasteiger partial charge in [0.2, 0.25) is 5.91 Å². The van der Waals surface area contributed by atoms with Crippen LogP contribution in [-0.2, 0) is 11.2 Å². The highest BCUT2D eigenvalue weighted by atomic mass is 32.1. The first-order valence-corrected chi connectivity index (χ1v) is 9.45. The first kappa shape index (κ1) is 16.8. The molecule has 0 atom stereocenters. The predicted molar refractivity (Wildman–Crippen MR) is 99.5 cm³/mol. The zero-order valence-electron chi connectivity index (χ0n) is 14.4. The first-order valence-electron chi connectivity index (χ1n) is 8.57. The van der Waals surface area contributed by atoms with Crippen molar-refractivity contribution in [2.45, 2.75) is 31.6 Å². The molecule has 1 saturated carbocycles. The van der Waals surface area contributed by atoms with Gasteiger partial charge >= 0.3 is 0 Å². The fourth-order valence-electron chi connectivity index (χ4n) is 2.67. The van der Waals surface area contributed by atoms with Crippen LogP contribution in [0.25, 0.3) is 10.8 Å². The molecule has 2 heterocycles. The highest BCUT2D eigenvalue weighted by Gasteiger charge is 2.29. The van der Waals surface area contributed by atoms with Crippen LogP contribution in [0.1, 0.15) is 36.6 Å². The molecule has 0 spiro atoms. The maximum atomic E-state index is 12.3. The fourth-order valence-corrected chi connectivity index (χ4v) is 3.44. The van der Waals surface area contributed by atoms with Crippen LogP contribution < -0.4 is 10.1 Å². The van der Waals surface area contributed by atoms with Crippen LogP contribution in [0.4, 0.5) is 5.69 Å². The molecule has 6 nitrogen and oxygen atoms in total. The first-order chi connectivity index (χ1) is 12.7. The number of aryl methyl sites for hydroxylation is 1. The van der Waals surface area contributed by atoms with Gasteiger partial charge in [0.25, 0.3) is 5.89 Å². The van der Waals surface area contributed by atoms with Crippen molar-refractivity contribution in [3.05, 3.63) is 47.1 Å². The molecule has 0 aliphatic heterocycles. The van der Waals surface area contributed by atoms with Crippen LogP contribution in [0.15, 0.2) is 40.2 Å². The second-order valence-corrected chi connectivity index (χ2v) is 7.21. The molecule has 0 bridgehead atoms. The minimum atomic E-state index is -0.0394. The quantitative estimate of drug-likeness (QED) is 0.673. The van der Waals surface area contributed by atoms with Crippen LogP contribution in [-0.4, -0.2) is 23.2 Å². The third-order valence-corrected chi connectivity index (χ3v) is 5.22. The van der Waals surface area contributed by atoms with Crippen LogP contribution in [0.5, 0.6) is 5.75 Å². The molecular weight excluding hydrogens is 350 g/mol. The number of thiophene rings is 1. The molecule has 134 valence electrons. The van der Waals surface area contributed by atoms with E-state index in [-0.39, 0.29) is 5.91 Å². The molecule has 1 aromatic carbocycles. The van der Waals surface area contributed by atoms with Gasteiger partial charge in [0.05, 0.1) is 12.8 Å². The Morgan fingerprint density at radius 1 is 1.31 bits per heavy atom. The number of methoxy groups -OCH3 is 1.